The summed E-state index contributed by atoms with van der Waals surface area (Å²) in [5, 5.41) is 9.57. The highest BCUT2D eigenvalue weighted by Crippen LogP contribution is 2.19. The maximum absolute atomic E-state index is 12.9. The first kappa shape index (κ1) is 14.9. The van der Waals surface area contributed by atoms with Crippen molar-refractivity contribution in [2.24, 2.45) is 0 Å². The quantitative estimate of drug-likeness (QED) is 0.889. The second-order valence-corrected chi connectivity index (χ2v) is 4.27. The number of benzene rings is 1. The summed E-state index contributed by atoms with van der Waals surface area (Å²) in [4.78, 5) is 26.4. The normalized spacial score (nSPS) is 10.1. The van der Waals surface area contributed by atoms with Gasteiger partial charge in [0.1, 0.15) is 11.6 Å². The number of rotatable bonds is 4. The van der Waals surface area contributed by atoms with E-state index in [1.54, 1.807) is 21.0 Å². The average molecular weight is 268 g/mol. The minimum absolute atomic E-state index is 0.0187. The van der Waals surface area contributed by atoms with Crippen LogP contribution in [-0.2, 0) is 4.79 Å². The molecule has 0 aromatic heterocycles. The van der Waals surface area contributed by atoms with E-state index in [0.717, 1.165) is 12.1 Å². The molecular formula is C13H17FN2O3. The fourth-order valence-corrected chi connectivity index (χ4v) is 1.49. The molecule has 0 radical (unpaired) electrons. The molecule has 0 fully saturated rings. The molecule has 0 heterocycles. The van der Waals surface area contributed by atoms with E-state index in [-0.39, 0.29) is 18.0 Å². The maximum atomic E-state index is 12.9. The lowest BCUT2D eigenvalue weighted by molar-refractivity contribution is -0.129. The van der Waals surface area contributed by atoms with Crippen molar-refractivity contribution in [1.82, 2.24) is 9.80 Å². The standard InChI is InChI=1S/C13H17FN2O3/c1-4-16(8-12(18)15(2)3)13(19)10-6-5-9(14)7-11(10)17/h5-7,17H,4,8H2,1-3H3. The van der Waals surface area contributed by atoms with Gasteiger partial charge in [0.15, 0.2) is 0 Å². The lowest BCUT2D eigenvalue weighted by atomic mass is 10.1. The van der Waals surface area contributed by atoms with E-state index in [4.69, 9.17) is 0 Å². The molecular weight excluding hydrogens is 251 g/mol. The van der Waals surface area contributed by atoms with Crippen molar-refractivity contribution in [1.29, 1.82) is 0 Å². The van der Waals surface area contributed by atoms with Crippen LogP contribution >= 0.6 is 0 Å². The molecule has 6 heteroatoms. The van der Waals surface area contributed by atoms with Crippen LogP contribution in [-0.4, -0.2) is 53.9 Å². The molecule has 2 amide bonds. The van der Waals surface area contributed by atoms with Gasteiger partial charge >= 0.3 is 0 Å². The molecule has 1 rings (SSSR count). The molecule has 0 saturated heterocycles. The lowest BCUT2D eigenvalue weighted by Crippen LogP contribution is -2.40. The number of hydrogen-bond donors (Lipinski definition) is 1. The van der Waals surface area contributed by atoms with Crippen LogP contribution in [0.3, 0.4) is 0 Å². The smallest absolute Gasteiger partial charge is 0.258 e. The minimum Gasteiger partial charge on any atom is -0.507 e. The summed E-state index contributed by atoms with van der Waals surface area (Å²) in [6.07, 6.45) is 0. The first-order chi connectivity index (χ1) is 8.86. The summed E-state index contributed by atoms with van der Waals surface area (Å²) in [6.45, 7) is 1.95. The topological polar surface area (TPSA) is 60.9 Å². The van der Waals surface area contributed by atoms with E-state index in [1.807, 2.05) is 0 Å². The zero-order valence-electron chi connectivity index (χ0n) is 11.2. The number of nitrogens with zero attached hydrogens (tertiary/aromatic N) is 2. The summed E-state index contributed by atoms with van der Waals surface area (Å²) in [5.41, 5.74) is -0.0187. The average Bonchev–Trinajstić information content (AvgIpc) is 2.34. The molecule has 0 aliphatic heterocycles. The van der Waals surface area contributed by atoms with Gasteiger partial charge in [-0.05, 0) is 19.1 Å². The number of halogens is 1. The molecule has 1 N–H and O–H groups in total. The lowest BCUT2D eigenvalue weighted by Gasteiger charge is -2.22. The number of phenols is 1. The van der Waals surface area contributed by atoms with E-state index in [9.17, 15) is 19.1 Å². The SMILES string of the molecule is CCN(CC(=O)N(C)C)C(=O)c1ccc(F)cc1O. The minimum atomic E-state index is -0.624. The highest BCUT2D eigenvalue weighted by molar-refractivity contribution is 5.98. The van der Waals surface area contributed by atoms with Crippen LogP contribution in [0.4, 0.5) is 4.39 Å². The number of phenolic OH excluding ortho intramolecular Hbond substituents is 1. The fraction of sp³-hybridized carbons (Fsp3) is 0.385. The Morgan fingerprint density at radius 3 is 2.42 bits per heavy atom. The van der Waals surface area contributed by atoms with Crippen molar-refractivity contribution in [3.05, 3.63) is 29.6 Å². The zero-order chi connectivity index (χ0) is 14.6. The number of hydrogen-bond acceptors (Lipinski definition) is 3. The summed E-state index contributed by atoms with van der Waals surface area (Å²) >= 11 is 0. The molecule has 19 heavy (non-hydrogen) atoms. The summed E-state index contributed by atoms with van der Waals surface area (Å²) < 4.78 is 12.9. The Morgan fingerprint density at radius 1 is 1.32 bits per heavy atom. The van der Waals surface area contributed by atoms with Crippen molar-refractivity contribution in [3.8, 4) is 5.75 Å². The number of carbonyl (C=O) groups is 2. The summed E-state index contributed by atoms with van der Waals surface area (Å²) in [5.74, 6) is -1.78. The van der Waals surface area contributed by atoms with Crippen molar-refractivity contribution in [2.45, 2.75) is 6.92 Å². The molecule has 0 unspecified atom stereocenters. The Balaban J connectivity index is 2.92. The van der Waals surface area contributed by atoms with Gasteiger partial charge in [0.25, 0.3) is 5.91 Å². The van der Waals surface area contributed by atoms with Crippen molar-refractivity contribution in [3.63, 3.8) is 0 Å². The molecule has 0 atom stereocenters. The predicted octanol–water partition coefficient (Wildman–Crippen LogP) is 1.08. The van der Waals surface area contributed by atoms with Gasteiger partial charge in [0.2, 0.25) is 5.91 Å². The predicted molar refractivity (Wildman–Crippen MR) is 68.3 cm³/mol. The molecule has 1 aromatic carbocycles. The molecule has 0 saturated carbocycles. The largest absolute Gasteiger partial charge is 0.507 e. The number of aromatic hydroxyl groups is 1. The monoisotopic (exact) mass is 268 g/mol. The highest BCUT2D eigenvalue weighted by Gasteiger charge is 2.20. The molecule has 0 spiro atoms. The first-order valence-electron chi connectivity index (χ1n) is 5.84. The Morgan fingerprint density at radius 2 is 1.95 bits per heavy atom. The van der Waals surface area contributed by atoms with E-state index in [0.29, 0.717) is 6.54 Å². The van der Waals surface area contributed by atoms with Gasteiger partial charge in [-0.15, -0.1) is 0 Å². The Kier molecular flexibility index (Phi) is 4.86. The molecule has 0 aliphatic carbocycles. The van der Waals surface area contributed by atoms with Gasteiger partial charge in [0.05, 0.1) is 12.1 Å². The third kappa shape index (κ3) is 3.67. The summed E-state index contributed by atoms with van der Waals surface area (Å²) in [7, 11) is 3.19. The van der Waals surface area contributed by atoms with Crippen LogP contribution in [0.5, 0.6) is 5.75 Å². The molecule has 0 aliphatic rings. The molecule has 0 bridgehead atoms. The Hall–Kier alpha value is -2.11. The van der Waals surface area contributed by atoms with E-state index >= 15 is 0 Å². The zero-order valence-corrected chi connectivity index (χ0v) is 11.2. The first-order valence-corrected chi connectivity index (χ1v) is 5.84. The van der Waals surface area contributed by atoms with E-state index in [1.165, 1.54) is 15.9 Å². The van der Waals surface area contributed by atoms with Gasteiger partial charge in [-0.2, -0.15) is 0 Å². The molecule has 5 nitrogen and oxygen atoms in total. The number of amides is 2. The van der Waals surface area contributed by atoms with Crippen LogP contribution in [0.15, 0.2) is 18.2 Å². The Bertz CT molecular complexity index is 489. The second kappa shape index (κ2) is 6.17. The van der Waals surface area contributed by atoms with Crippen LogP contribution in [0, 0.1) is 5.82 Å². The van der Waals surface area contributed by atoms with Gasteiger partial charge in [-0.3, -0.25) is 9.59 Å². The van der Waals surface area contributed by atoms with Crippen LogP contribution < -0.4 is 0 Å². The summed E-state index contributed by atoms with van der Waals surface area (Å²) in [6, 6.07) is 3.17. The van der Waals surface area contributed by atoms with Crippen molar-refractivity contribution in [2.75, 3.05) is 27.2 Å². The van der Waals surface area contributed by atoms with E-state index < -0.39 is 17.5 Å². The van der Waals surface area contributed by atoms with Crippen molar-refractivity contribution < 1.29 is 19.1 Å². The highest BCUT2D eigenvalue weighted by atomic mass is 19.1. The van der Waals surface area contributed by atoms with Gasteiger partial charge < -0.3 is 14.9 Å². The van der Waals surface area contributed by atoms with Crippen LogP contribution in [0.25, 0.3) is 0 Å². The van der Waals surface area contributed by atoms with Gasteiger partial charge in [-0.25, -0.2) is 4.39 Å². The van der Waals surface area contributed by atoms with Gasteiger partial charge in [-0.1, -0.05) is 0 Å². The molecule has 1 aromatic rings. The van der Waals surface area contributed by atoms with E-state index in [2.05, 4.69) is 0 Å². The third-order valence-corrected chi connectivity index (χ3v) is 2.68. The molecule has 104 valence electrons. The second-order valence-electron chi connectivity index (χ2n) is 4.27. The third-order valence-electron chi connectivity index (χ3n) is 2.68. The maximum Gasteiger partial charge on any atom is 0.258 e. The fourth-order valence-electron chi connectivity index (χ4n) is 1.49. The van der Waals surface area contributed by atoms with Crippen molar-refractivity contribution >= 4 is 11.8 Å². The Labute approximate surface area is 111 Å². The number of carbonyl (C=O) groups excluding carboxylic acids is 2. The number of likely N-dealkylation sites (N-methyl/N-ethyl adjacent to an activating group) is 2. The van der Waals surface area contributed by atoms with Crippen LogP contribution in [0.1, 0.15) is 17.3 Å². The van der Waals surface area contributed by atoms with Crippen LogP contribution in [0.2, 0.25) is 0 Å². The van der Waals surface area contributed by atoms with Gasteiger partial charge in [0, 0.05) is 26.7 Å².